The summed E-state index contributed by atoms with van der Waals surface area (Å²) in [6.45, 7) is 1.62. The molecule has 2 N–H and O–H groups in total. The average Bonchev–Trinajstić information content (AvgIpc) is 3.16. The van der Waals surface area contributed by atoms with Crippen LogP contribution in [0.4, 0.5) is 5.13 Å². The molecular weight excluding hydrogens is 443 g/mol. The van der Waals surface area contributed by atoms with Gasteiger partial charge in [0.25, 0.3) is 0 Å². The Labute approximate surface area is 178 Å². The highest BCUT2D eigenvalue weighted by atomic mass is 35.5. The Balaban J connectivity index is 1.44. The molecule has 2 aromatic rings. The molecule has 1 amide bonds. The number of amides is 1. The molecule has 0 unspecified atom stereocenters. The fourth-order valence-electron chi connectivity index (χ4n) is 3.00. The number of aromatic nitrogens is 1. The van der Waals surface area contributed by atoms with Crippen LogP contribution in [-0.4, -0.2) is 45.0 Å². The lowest BCUT2D eigenvalue weighted by molar-refractivity contribution is -0.121. The van der Waals surface area contributed by atoms with Crippen LogP contribution in [0.5, 0.6) is 0 Å². The third kappa shape index (κ3) is 5.36. The van der Waals surface area contributed by atoms with Crippen molar-refractivity contribution in [3.05, 3.63) is 39.8 Å². The third-order valence-electron chi connectivity index (χ3n) is 4.38. The molecule has 7 nitrogen and oxygen atoms in total. The Hall–Kier alpha value is -1.39. The first-order chi connectivity index (χ1) is 13.4. The lowest BCUT2D eigenvalue weighted by atomic mass is 10.1. The summed E-state index contributed by atoms with van der Waals surface area (Å²) in [5, 5.41) is 5.98. The number of rotatable bonds is 7. The second kappa shape index (κ2) is 9.41. The van der Waals surface area contributed by atoms with Crippen LogP contribution in [0, 0.1) is 0 Å². The topological polar surface area (TPSA) is 91.4 Å². The zero-order valence-electron chi connectivity index (χ0n) is 14.9. The summed E-state index contributed by atoms with van der Waals surface area (Å²) in [5.41, 5.74) is 0. The second-order valence-electron chi connectivity index (χ2n) is 6.34. The van der Waals surface area contributed by atoms with Crippen molar-refractivity contribution in [1.82, 2.24) is 15.0 Å². The SMILES string of the molecule is O=C(CCNS(=O)(=O)c1c(Cl)cccc1Cl)NC1CCN(c2nccs2)CC1. The lowest BCUT2D eigenvalue weighted by Crippen LogP contribution is -2.45. The smallest absolute Gasteiger partial charge is 0.243 e. The number of nitrogens with one attached hydrogen (secondary N) is 2. The van der Waals surface area contributed by atoms with E-state index in [0.717, 1.165) is 31.1 Å². The number of piperidine rings is 1. The van der Waals surface area contributed by atoms with Crippen LogP contribution in [0.25, 0.3) is 0 Å². The van der Waals surface area contributed by atoms with Gasteiger partial charge in [0.15, 0.2) is 5.13 Å². The molecule has 1 fully saturated rings. The maximum atomic E-state index is 12.4. The van der Waals surface area contributed by atoms with Gasteiger partial charge in [-0.25, -0.2) is 18.1 Å². The van der Waals surface area contributed by atoms with E-state index in [2.05, 4.69) is 19.9 Å². The summed E-state index contributed by atoms with van der Waals surface area (Å²) in [7, 11) is -3.89. The maximum absolute atomic E-state index is 12.4. The molecule has 1 aromatic carbocycles. The van der Waals surface area contributed by atoms with Gasteiger partial charge < -0.3 is 10.2 Å². The molecule has 28 heavy (non-hydrogen) atoms. The van der Waals surface area contributed by atoms with E-state index in [4.69, 9.17) is 23.2 Å². The highest BCUT2D eigenvalue weighted by Crippen LogP contribution is 2.28. The van der Waals surface area contributed by atoms with Gasteiger partial charge in [-0.2, -0.15) is 0 Å². The predicted molar refractivity (Wildman–Crippen MR) is 112 cm³/mol. The van der Waals surface area contributed by atoms with Crippen LogP contribution in [0.3, 0.4) is 0 Å². The molecule has 0 radical (unpaired) electrons. The van der Waals surface area contributed by atoms with Crippen LogP contribution >= 0.6 is 34.5 Å². The monoisotopic (exact) mass is 462 g/mol. The molecular formula is C17H20Cl2N4O3S2. The van der Waals surface area contributed by atoms with Gasteiger partial charge in [0.05, 0.1) is 10.0 Å². The van der Waals surface area contributed by atoms with Crippen molar-refractivity contribution >= 4 is 55.6 Å². The Kier molecular flexibility index (Phi) is 7.16. The molecule has 0 bridgehead atoms. The number of nitrogens with zero attached hydrogens (tertiary/aromatic N) is 2. The first-order valence-electron chi connectivity index (χ1n) is 8.74. The summed E-state index contributed by atoms with van der Waals surface area (Å²) >= 11 is 13.5. The molecule has 0 aliphatic carbocycles. The number of thiazole rings is 1. The maximum Gasteiger partial charge on any atom is 0.243 e. The van der Waals surface area contributed by atoms with Gasteiger partial charge in [0.2, 0.25) is 15.9 Å². The number of carbonyl (C=O) groups is 1. The Morgan fingerprint density at radius 3 is 2.54 bits per heavy atom. The van der Waals surface area contributed by atoms with Gasteiger partial charge in [-0.3, -0.25) is 4.79 Å². The van der Waals surface area contributed by atoms with Gasteiger partial charge >= 0.3 is 0 Å². The number of halogens is 2. The predicted octanol–water partition coefficient (Wildman–Crippen LogP) is 2.90. The molecule has 2 heterocycles. The molecule has 1 aliphatic heterocycles. The van der Waals surface area contributed by atoms with E-state index in [0.29, 0.717) is 0 Å². The molecule has 1 saturated heterocycles. The Morgan fingerprint density at radius 2 is 1.93 bits per heavy atom. The molecule has 11 heteroatoms. The largest absolute Gasteiger partial charge is 0.353 e. The number of anilines is 1. The summed E-state index contributed by atoms with van der Waals surface area (Å²) < 4.78 is 27.1. The van der Waals surface area contributed by atoms with E-state index in [1.165, 1.54) is 12.1 Å². The number of hydrogen-bond donors (Lipinski definition) is 2. The minimum absolute atomic E-state index is 0.0340. The van der Waals surface area contributed by atoms with Crippen LogP contribution in [-0.2, 0) is 14.8 Å². The van der Waals surface area contributed by atoms with Crippen molar-refractivity contribution in [2.24, 2.45) is 0 Å². The third-order valence-corrected chi connectivity index (χ3v) is 7.63. The van der Waals surface area contributed by atoms with E-state index >= 15 is 0 Å². The van der Waals surface area contributed by atoms with Crippen molar-refractivity contribution in [3.63, 3.8) is 0 Å². The average molecular weight is 463 g/mol. The standard InChI is InChI=1S/C17H20Cl2N4O3S2/c18-13-2-1-3-14(19)16(13)28(25,26)21-7-4-15(24)22-12-5-9-23(10-6-12)17-20-8-11-27-17/h1-3,8,11-12,21H,4-7,9-10H2,(H,22,24). The first kappa shape index (κ1) is 21.3. The van der Waals surface area contributed by atoms with E-state index in [-0.39, 0.29) is 39.9 Å². The second-order valence-corrected chi connectivity index (χ2v) is 9.73. The molecule has 1 aromatic heterocycles. The summed E-state index contributed by atoms with van der Waals surface area (Å²) in [6, 6.07) is 4.55. The number of hydrogen-bond acceptors (Lipinski definition) is 6. The van der Waals surface area contributed by atoms with E-state index in [9.17, 15) is 13.2 Å². The van der Waals surface area contributed by atoms with Gasteiger partial charge in [-0.1, -0.05) is 29.3 Å². The Morgan fingerprint density at radius 1 is 1.25 bits per heavy atom. The van der Waals surface area contributed by atoms with Crippen molar-refractivity contribution in [2.75, 3.05) is 24.5 Å². The first-order valence-corrected chi connectivity index (χ1v) is 11.9. The van der Waals surface area contributed by atoms with Gasteiger partial charge in [0.1, 0.15) is 4.90 Å². The van der Waals surface area contributed by atoms with Crippen LogP contribution < -0.4 is 14.9 Å². The van der Waals surface area contributed by atoms with E-state index in [1.807, 2.05) is 5.38 Å². The zero-order chi connectivity index (χ0) is 20.1. The number of carbonyl (C=O) groups excluding carboxylic acids is 1. The molecule has 152 valence electrons. The van der Waals surface area contributed by atoms with Crippen LogP contribution in [0.2, 0.25) is 10.0 Å². The molecule has 1 aliphatic rings. The van der Waals surface area contributed by atoms with Gasteiger partial charge in [-0.15, -0.1) is 11.3 Å². The van der Waals surface area contributed by atoms with Crippen molar-refractivity contribution in [1.29, 1.82) is 0 Å². The normalized spacial score (nSPS) is 15.6. The number of sulfonamides is 1. The minimum Gasteiger partial charge on any atom is -0.353 e. The molecule has 0 saturated carbocycles. The fourth-order valence-corrected chi connectivity index (χ4v) is 5.87. The highest BCUT2D eigenvalue weighted by Gasteiger charge is 2.23. The molecule has 0 spiro atoms. The van der Waals surface area contributed by atoms with Crippen molar-refractivity contribution in [2.45, 2.75) is 30.2 Å². The minimum atomic E-state index is -3.89. The van der Waals surface area contributed by atoms with Gasteiger partial charge in [-0.05, 0) is 25.0 Å². The number of benzene rings is 1. The van der Waals surface area contributed by atoms with Crippen molar-refractivity contribution in [3.8, 4) is 0 Å². The zero-order valence-corrected chi connectivity index (χ0v) is 18.0. The van der Waals surface area contributed by atoms with Crippen LogP contribution in [0.15, 0.2) is 34.7 Å². The summed E-state index contributed by atoms with van der Waals surface area (Å²) in [4.78, 5) is 18.5. The molecule has 0 atom stereocenters. The lowest BCUT2D eigenvalue weighted by Gasteiger charge is -2.32. The van der Waals surface area contributed by atoms with Crippen LogP contribution in [0.1, 0.15) is 19.3 Å². The van der Waals surface area contributed by atoms with Crippen molar-refractivity contribution < 1.29 is 13.2 Å². The summed E-state index contributed by atoms with van der Waals surface area (Å²) in [6.07, 6.45) is 3.47. The summed E-state index contributed by atoms with van der Waals surface area (Å²) in [5.74, 6) is -0.194. The van der Waals surface area contributed by atoms with E-state index in [1.54, 1.807) is 23.6 Å². The Bertz CT molecular complexity index is 894. The highest BCUT2D eigenvalue weighted by molar-refractivity contribution is 7.89. The van der Waals surface area contributed by atoms with Gasteiger partial charge in [0, 0.05) is 43.7 Å². The molecule has 3 rings (SSSR count). The van der Waals surface area contributed by atoms with E-state index < -0.39 is 10.0 Å². The fraction of sp³-hybridized carbons (Fsp3) is 0.412. The quantitative estimate of drug-likeness (QED) is 0.659.